The molecular weight excluding hydrogens is 364 g/mol. The van der Waals surface area contributed by atoms with Gasteiger partial charge in [0, 0.05) is 23.5 Å². The van der Waals surface area contributed by atoms with Gasteiger partial charge in [-0.05, 0) is 12.5 Å². The first-order chi connectivity index (χ1) is 14.2. The van der Waals surface area contributed by atoms with Gasteiger partial charge in [-0.3, -0.25) is 4.79 Å². The van der Waals surface area contributed by atoms with Crippen molar-refractivity contribution in [1.82, 2.24) is 25.0 Å². The van der Waals surface area contributed by atoms with Crippen molar-refractivity contribution in [3.8, 4) is 11.4 Å². The predicted octanol–water partition coefficient (Wildman–Crippen LogP) is 3.66. The fourth-order valence-corrected chi connectivity index (χ4v) is 3.14. The maximum atomic E-state index is 12.8. The van der Waals surface area contributed by atoms with Crippen LogP contribution in [0.3, 0.4) is 0 Å². The second-order valence-corrected chi connectivity index (χ2v) is 6.65. The van der Waals surface area contributed by atoms with Crippen LogP contribution in [0.25, 0.3) is 11.4 Å². The van der Waals surface area contributed by atoms with Crippen molar-refractivity contribution >= 4 is 11.7 Å². The van der Waals surface area contributed by atoms with Gasteiger partial charge < -0.3 is 5.32 Å². The topological polar surface area (TPSA) is 85.6 Å². The van der Waals surface area contributed by atoms with E-state index in [4.69, 9.17) is 0 Å². The normalized spacial score (nSPS) is 11.8. The molecule has 1 unspecified atom stereocenters. The molecule has 1 atom stereocenters. The molecule has 0 saturated carbocycles. The van der Waals surface area contributed by atoms with Gasteiger partial charge in [-0.1, -0.05) is 65.9 Å². The van der Waals surface area contributed by atoms with E-state index in [0.29, 0.717) is 11.6 Å². The van der Waals surface area contributed by atoms with Crippen LogP contribution in [0.15, 0.2) is 79.1 Å². The lowest BCUT2D eigenvalue weighted by atomic mass is 10.0. The van der Waals surface area contributed by atoms with E-state index < -0.39 is 0 Å². The van der Waals surface area contributed by atoms with Crippen LogP contribution in [0.4, 0.5) is 5.82 Å². The fraction of sp³-hybridized carbons (Fsp3) is 0.136. The summed E-state index contributed by atoms with van der Waals surface area (Å²) in [6, 6.07) is 21.0. The summed E-state index contributed by atoms with van der Waals surface area (Å²) in [6.45, 7) is 1.88. The van der Waals surface area contributed by atoms with E-state index in [-0.39, 0.29) is 18.4 Å². The molecule has 144 valence electrons. The minimum Gasteiger partial charge on any atom is -0.310 e. The predicted molar refractivity (Wildman–Crippen MR) is 110 cm³/mol. The molecule has 2 aromatic heterocycles. The molecule has 0 spiro atoms. The molecule has 0 fully saturated rings. The zero-order valence-electron chi connectivity index (χ0n) is 15.9. The molecule has 0 aliphatic rings. The highest BCUT2D eigenvalue weighted by atomic mass is 16.1. The van der Waals surface area contributed by atoms with Crippen LogP contribution in [-0.2, 0) is 4.79 Å². The van der Waals surface area contributed by atoms with Gasteiger partial charge in [0.05, 0.1) is 18.7 Å². The van der Waals surface area contributed by atoms with E-state index in [1.54, 1.807) is 23.1 Å². The third kappa shape index (κ3) is 4.52. The Morgan fingerprint density at radius 3 is 2.45 bits per heavy atom. The summed E-state index contributed by atoms with van der Waals surface area (Å²) >= 11 is 0. The number of aromatic nitrogens is 5. The lowest BCUT2D eigenvalue weighted by molar-refractivity contribution is -0.116. The largest absolute Gasteiger partial charge is 0.310 e. The highest BCUT2D eigenvalue weighted by Crippen LogP contribution is 2.22. The van der Waals surface area contributed by atoms with Gasteiger partial charge in [0.1, 0.15) is 5.82 Å². The van der Waals surface area contributed by atoms with Crippen LogP contribution in [0.2, 0.25) is 0 Å². The molecule has 7 nitrogen and oxygen atoms in total. The number of hydrogen-bond acceptors (Lipinski definition) is 5. The summed E-state index contributed by atoms with van der Waals surface area (Å²) < 4.78 is 1.69. The molecule has 2 heterocycles. The monoisotopic (exact) mass is 384 g/mol. The Labute approximate surface area is 168 Å². The highest BCUT2D eigenvalue weighted by Gasteiger charge is 2.19. The van der Waals surface area contributed by atoms with Crippen molar-refractivity contribution in [2.75, 3.05) is 5.32 Å². The summed E-state index contributed by atoms with van der Waals surface area (Å²) in [4.78, 5) is 21.8. The van der Waals surface area contributed by atoms with E-state index in [1.807, 2.05) is 67.6 Å². The first-order valence-electron chi connectivity index (χ1n) is 9.31. The summed E-state index contributed by atoms with van der Waals surface area (Å²) in [5.74, 6) is 0.898. The molecule has 1 N–H and O–H groups in total. The van der Waals surface area contributed by atoms with Crippen molar-refractivity contribution in [2.45, 2.75) is 19.4 Å². The number of benzene rings is 2. The first kappa shape index (κ1) is 18.5. The number of carbonyl (C=O) groups is 1. The molecule has 4 rings (SSSR count). The van der Waals surface area contributed by atoms with Gasteiger partial charge >= 0.3 is 0 Å². The Morgan fingerprint density at radius 2 is 1.76 bits per heavy atom. The molecule has 0 saturated heterocycles. The van der Waals surface area contributed by atoms with Gasteiger partial charge in [-0.25, -0.2) is 14.6 Å². The fourth-order valence-electron chi connectivity index (χ4n) is 3.14. The summed E-state index contributed by atoms with van der Waals surface area (Å²) in [5, 5.41) is 10.9. The van der Waals surface area contributed by atoms with Gasteiger partial charge in [-0.15, -0.1) is 5.10 Å². The number of anilines is 1. The van der Waals surface area contributed by atoms with Crippen molar-refractivity contribution in [1.29, 1.82) is 0 Å². The van der Waals surface area contributed by atoms with Gasteiger partial charge in [0.2, 0.25) is 5.91 Å². The lowest BCUT2D eigenvalue weighted by Crippen LogP contribution is -2.21. The van der Waals surface area contributed by atoms with Crippen LogP contribution >= 0.6 is 0 Å². The average molecular weight is 384 g/mol. The average Bonchev–Trinajstić information content (AvgIpc) is 3.27. The molecule has 1 amide bonds. The molecule has 0 aliphatic carbocycles. The van der Waals surface area contributed by atoms with Crippen molar-refractivity contribution in [3.05, 3.63) is 90.4 Å². The van der Waals surface area contributed by atoms with Gasteiger partial charge in [0.15, 0.2) is 5.82 Å². The Morgan fingerprint density at radius 1 is 1.03 bits per heavy atom. The molecule has 2 aromatic carbocycles. The molecule has 29 heavy (non-hydrogen) atoms. The number of rotatable bonds is 6. The molecule has 0 bridgehead atoms. The van der Waals surface area contributed by atoms with E-state index in [1.165, 1.54) is 0 Å². The standard InChI is InChI=1S/C22H20N6O/c1-16-14-20(26-22(24-16)18-10-6-3-7-11-18)25-21(29)15-19(28-13-12-23-27-28)17-8-4-2-5-9-17/h2-14,19H,15H2,1H3,(H,24,25,26,29). The van der Waals surface area contributed by atoms with Crippen molar-refractivity contribution < 1.29 is 4.79 Å². The highest BCUT2D eigenvalue weighted by molar-refractivity contribution is 5.90. The van der Waals surface area contributed by atoms with Crippen LogP contribution in [0.5, 0.6) is 0 Å². The Balaban J connectivity index is 1.55. The zero-order chi connectivity index (χ0) is 20.1. The lowest BCUT2D eigenvalue weighted by Gasteiger charge is -2.17. The maximum Gasteiger partial charge on any atom is 0.228 e. The number of carbonyl (C=O) groups excluding carboxylic acids is 1. The number of aryl methyl sites for hydroxylation is 1. The smallest absolute Gasteiger partial charge is 0.228 e. The molecule has 4 aromatic rings. The number of nitrogens with one attached hydrogen (secondary N) is 1. The Hall–Kier alpha value is -3.87. The minimum absolute atomic E-state index is 0.161. The number of amides is 1. The molecular formula is C22H20N6O. The second kappa shape index (κ2) is 8.43. The van der Waals surface area contributed by atoms with Crippen molar-refractivity contribution in [2.24, 2.45) is 0 Å². The molecule has 7 heteroatoms. The van der Waals surface area contributed by atoms with E-state index in [0.717, 1.165) is 16.8 Å². The maximum absolute atomic E-state index is 12.8. The summed E-state index contributed by atoms with van der Waals surface area (Å²) in [6.07, 6.45) is 3.57. The van der Waals surface area contributed by atoms with Gasteiger partial charge in [-0.2, -0.15) is 0 Å². The Bertz CT molecular complexity index is 1080. The quantitative estimate of drug-likeness (QED) is 0.548. The first-order valence-corrected chi connectivity index (χ1v) is 9.31. The van der Waals surface area contributed by atoms with E-state index in [9.17, 15) is 4.79 Å². The minimum atomic E-state index is -0.254. The summed E-state index contributed by atoms with van der Waals surface area (Å²) in [7, 11) is 0. The third-order valence-electron chi connectivity index (χ3n) is 4.48. The van der Waals surface area contributed by atoms with Crippen LogP contribution in [0.1, 0.15) is 23.7 Å². The van der Waals surface area contributed by atoms with E-state index in [2.05, 4.69) is 25.6 Å². The zero-order valence-corrected chi connectivity index (χ0v) is 15.9. The molecule has 0 aliphatic heterocycles. The van der Waals surface area contributed by atoms with E-state index >= 15 is 0 Å². The van der Waals surface area contributed by atoms with Crippen LogP contribution in [-0.4, -0.2) is 30.9 Å². The Kier molecular flexibility index (Phi) is 5.38. The second-order valence-electron chi connectivity index (χ2n) is 6.65. The van der Waals surface area contributed by atoms with Gasteiger partial charge in [0.25, 0.3) is 0 Å². The summed E-state index contributed by atoms with van der Waals surface area (Å²) in [5.41, 5.74) is 2.67. The van der Waals surface area contributed by atoms with Crippen molar-refractivity contribution in [3.63, 3.8) is 0 Å². The number of hydrogen-bond donors (Lipinski definition) is 1. The van der Waals surface area contributed by atoms with Crippen LogP contribution in [0, 0.1) is 6.92 Å². The number of nitrogens with zero attached hydrogens (tertiary/aromatic N) is 5. The SMILES string of the molecule is Cc1cc(NC(=O)CC(c2ccccc2)n2ccnn2)nc(-c2ccccc2)n1. The molecule has 0 radical (unpaired) electrons. The third-order valence-corrected chi connectivity index (χ3v) is 4.48. The van der Waals surface area contributed by atoms with Crippen LogP contribution < -0.4 is 5.32 Å².